The summed E-state index contributed by atoms with van der Waals surface area (Å²) in [5.74, 6) is 0. The fourth-order valence-electron chi connectivity index (χ4n) is 2.21. The van der Waals surface area contributed by atoms with Gasteiger partial charge in [-0.1, -0.05) is 43.7 Å². The Balaban J connectivity index is 2.28. The van der Waals surface area contributed by atoms with E-state index in [0.29, 0.717) is 0 Å². The highest BCUT2D eigenvalue weighted by atomic mass is 16.3. The molecule has 2 aromatic carbocycles. The lowest BCUT2D eigenvalue weighted by molar-refractivity contribution is 0.668. The summed E-state index contributed by atoms with van der Waals surface area (Å²) in [6, 6.07) is 14.7. The van der Waals surface area contributed by atoms with Crippen LogP contribution in [-0.2, 0) is 6.42 Å². The molecular formula is C15H14O. The van der Waals surface area contributed by atoms with Gasteiger partial charge in [-0.05, 0) is 24.1 Å². The Morgan fingerprint density at radius 3 is 2.62 bits per heavy atom. The second-order valence-corrected chi connectivity index (χ2v) is 4.18. The van der Waals surface area contributed by atoms with E-state index in [2.05, 4.69) is 37.3 Å². The minimum atomic E-state index is 0.978. The van der Waals surface area contributed by atoms with Gasteiger partial charge in [0, 0.05) is 10.8 Å². The molecule has 0 fully saturated rings. The third kappa shape index (κ3) is 1.40. The maximum atomic E-state index is 5.84. The van der Waals surface area contributed by atoms with Gasteiger partial charge in [-0.3, -0.25) is 0 Å². The van der Waals surface area contributed by atoms with Crippen LogP contribution in [0.1, 0.15) is 18.9 Å². The van der Waals surface area contributed by atoms with E-state index in [0.717, 1.165) is 17.6 Å². The lowest BCUT2D eigenvalue weighted by Gasteiger charge is -1.97. The van der Waals surface area contributed by atoms with Crippen LogP contribution >= 0.6 is 0 Å². The Kier molecular flexibility index (Phi) is 2.17. The fraction of sp³-hybridized carbons (Fsp3) is 0.200. The van der Waals surface area contributed by atoms with Crippen LogP contribution in [0.25, 0.3) is 21.9 Å². The second kappa shape index (κ2) is 3.67. The Hall–Kier alpha value is -1.76. The van der Waals surface area contributed by atoms with E-state index in [9.17, 15) is 0 Å². The maximum absolute atomic E-state index is 5.84. The summed E-state index contributed by atoms with van der Waals surface area (Å²) < 4.78 is 5.84. The molecule has 0 aliphatic rings. The zero-order chi connectivity index (χ0) is 11.0. The molecule has 0 unspecified atom stereocenters. The first-order valence-corrected chi connectivity index (χ1v) is 5.78. The minimum absolute atomic E-state index is 0.978. The van der Waals surface area contributed by atoms with Crippen molar-refractivity contribution in [1.82, 2.24) is 0 Å². The topological polar surface area (TPSA) is 13.1 Å². The van der Waals surface area contributed by atoms with E-state index in [1.54, 1.807) is 0 Å². The highest BCUT2D eigenvalue weighted by Gasteiger charge is 2.05. The standard InChI is InChI=1S/C15H14O/c1-2-5-11-8-9-13-12-6-3-4-7-14(12)16-15(13)10-11/h3-4,6-10H,2,5H2,1H3. The number of hydrogen-bond donors (Lipinski definition) is 0. The molecule has 0 aliphatic carbocycles. The van der Waals surface area contributed by atoms with Crippen molar-refractivity contribution in [2.24, 2.45) is 0 Å². The normalized spacial score (nSPS) is 11.3. The van der Waals surface area contributed by atoms with Crippen LogP contribution in [0.2, 0.25) is 0 Å². The largest absolute Gasteiger partial charge is 0.456 e. The average molecular weight is 210 g/mol. The first-order chi connectivity index (χ1) is 7.88. The van der Waals surface area contributed by atoms with Crippen LogP contribution in [0.4, 0.5) is 0 Å². The SMILES string of the molecule is CCCc1ccc2c(c1)oc1ccccc12. The summed E-state index contributed by atoms with van der Waals surface area (Å²) in [6.45, 7) is 2.20. The summed E-state index contributed by atoms with van der Waals surface area (Å²) in [5, 5.41) is 2.43. The van der Waals surface area contributed by atoms with Crippen LogP contribution < -0.4 is 0 Å². The predicted octanol–water partition coefficient (Wildman–Crippen LogP) is 4.54. The molecule has 1 heterocycles. The van der Waals surface area contributed by atoms with Gasteiger partial charge in [-0.25, -0.2) is 0 Å². The van der Waals surface area contributed by atoms with Crippen molar-refractivity contribution >= 4 is 21.9 Å². The van der Waals surface area contributed by atoms with E-state index < -0.39 is 0 Å². The zero-order valence-corrected chi connectivity index (χ0v) is 9.36. The Morgan fingerprint density at radius 2 is 1.75 bits per heavy atom. The molecule has 0 aliphatic heterocycles. The zero-order valence-electron chi connectivity index (χ0n) is 9.36. The van der Waals surface area contributed by atoms with Crippen LogP contribution in [0.15, 0.2) is 46.9 Å². The molecule has 0 amide bonds. The van der Waals surface area contributed by atoms with E-state index >= 15 is 0 Å². The lowest BCUT2D eigenvalue weighted by Crippen LogP contribution is -1.80. The molecule has 0 radical (unpaired) electrons. The highest BCUT2D eigenvalue weighted by molar-refractivity contribution is 6.04. The summed E-state index contributed by atoms with van der Waals surface area (Å²) in [5.41, 5.74) is 3.34. The quantitative estimate of drug-likeness (QED) is 0.605. The van der Waals surface area contributed by atoms with Crippen molar-refractivity contribution in [1.29, 1.82) is 0 Å². The third-order valence-electron chi connectivity index (χ3n) is 2.98. The van der Waals surface area contributed by atoms with E-state index in [-0.39, 0.29) is 0 Å². The van der Waals surface area contributed by atoms with Crippen LogP contribution in [-0.4, -0.2) is 0 Å². The first kappa shape index (κ1) is 9.46. The lowest BCUT2D eigenvalue weighted by atomic mass is 10.1. The average Bonchev–Trinajstić information content (AvgIpc) is 2.67. The van der Waals surface area contributed by atoms with Gasteiger partial charge in [0.05, 0.1) is 0 Å². The number of furan rings is 1. The first-order valence-electron chi connectivity index (χ1n) is 5.78. The van der Waals surface area contributed by atoms with Crippen LogP contribution in [0.3, 0.4) is 0 Å². The second-order valence-electron chi connectivity index (χ2n) is 4.18. The molecule has 3 rings (SSSR count). The molecule has 1 nitrogen and oxygen atoms in total. The van der Waals surface area contributed by atoms with Crippen molar-refractivity contribution in [2.45, 2.75) is 19.8 Å². The number of aryl methyl sites for hydroxylation is 1. The molecule has 80 valence electrons. The number of hydrogen-bond acceptors (Lipinski definition) is 1. The van der Waals surface area contributed by atoms with Gasteiger partial charge in [0.15, 0.2) is 0 Å². The summed E-state index contributed by atoms with van der Waals surface area (Å²) >= 11 is 0. The number of fused-ring (bicyclic) bond motifs is 3. The van der Waals surface area contributed by atoms with Gasteiger partial charge >= 0.3 is 0 Å². The monoisotopic (exact) mass is 210 g/mol. The van der Waals surface area contributed by atoms with Gasteiger partial charge in [0.25, 0.3) is 0 Å². The molecule has 1 aromatic heterocycles. The maximum Gasteiger partial charge on any atom is 0.135 e. The Bertz CT molecular complexity index is 634. The fourth-order valence-corrected chi connectivity index (χ4v) is 2.21. The molecule has 16 heavy (non-hydrogen) atoms. The van der Waals surface area contributed by atoms with Gasteiger partial charge in [0.1, 0.15) is 11.2 Å². The smallest absolute Gasteiger partial charge is 0.135 e. The molecule has 3 aromatic rings. The van der Waals surface area contributed by atoms with Crippen molar-refractivity contribution in [3.8, 4) is 0 Å². The predicted molar refractivity (Wildman–Crippen MR) is 67.7 cm³/mol. The molecule has 0 N–H and O–H groups in total. The van der Waals surface area contributed by atoms with E-state index in [1.807, 2.05) is 12.1 Å². The Labute approximate surface area is 94.7 Å². The highest BCUT2D eigenvalue weighted by Crippen LogP contribution is 2.29. The van der Waals surface area contributed by atoms with Crippen molar-refractivity contribution in [2.75, 3.05) is 0 Å². The molecule has 1 heteroatoms. The molecular weight excluding hydrogens is 196 g/mol. The molecule has 0 bridgehead atoms. The van der Waals surface area contributed by atoms with E-state index in [1.165, 1.54) is 22.8 Å². The Morgan fingerprint density at radius 1 is 0.938 bits per heavy atom. The van der Waals surface area contributed by atoms with E-state index in [4.69, 9.17) is 4.42 Å². The molecule has 0 spiro atoms. The van der Waals surface area contributed by atoms with Crippen molar-refractivity contribution < 1.29 is 4.42 Å². The minimum Gasteiger partial charge on any atom is -0.456 e. The number of benzene rings is 2. The van der Waals surface area contributed by atoms with Gasteiger partial charge in [-0.2, -0.15) is 0 Å². The van der Waals surface area contributed by atoms with Crippen molar-refractivity contribution in [3.05, 3.63) is 48.0 Å². The summed E-state index contributed by atoms with van der Waals surface area (Å²) in [7, 11) is 0. The molecule has 0 saturated carbocycles. The van der Waals surface area contributed by atoms with Gasteiger partial charge < -0.3 is 4.42 Å². The van der Waals surface area contributed by atoms with Gasteiger partial charge in [0.2, 0.25) is 0 Å². The van der Waals surface area contributed by atoms with Gasteiger partial charge in [-0.15, -0.1) is 0 Å². The van der Waals surface area contributed by atoms with Crippen molar-refractivity contribution in [3.63, 3.8) is 0 Å². The third-order valence-corrected chi connectivity index (χ3v) is 2.98. The summed E-state index contributed by atoms with van der Waals surface area (Å²) in [6.07, 6.45) is 2.29. The molecule has 0 atom stereocenters. The number of rotatable bonds is 2. The summed E-state index contributed by atoms with van der Waals surface area (Å²) in [4.78, 5) is 0. The van der Waals surface area contributed by atoms with Crippen LogP contribution in [0.5, 0.6) is 0 Å². The number of para-hydroxylation sites is 1. The van der Waals surface area contributed by atoms with Crippen LogP contribution in [0, 0.1) is 0 Å². The molecule has 0 saturated heterocycles.